The van der Waals surface area contributed by atoms with Gasteiger partial charge in [0.25, 0.3) is 0 Å². The number of carbonyl (C=O) groups is 2. The van der Waals surface area contributed by atoms with Crippen LogP contribution in [0.15, 0.2) is 9.98 Å². The first-order chi connectivity index (χ1) is 22.2. The summed E-state index contributed by atoms with van der Waals surface area (Å²) >= 11 is 10.4. The van der Waals surface area contributed by atoms with Gasteiger partial charge in [0.2, 0.25) is 12.8 Å². The van der Waals surface area contributed by atoms with E-state index >= 15 is 0 Å². The Balaban J connectivity index is 3.25. The number of hydrogen-bond acceptors (Lipinski definition) is 18. The molecule has 0 aromatic rings. The van der Waals surface area contributed by atoms with Crippen LogP contribution >= 0.6 is 70.6 Å². The Kier molecular flexibility index (Phi) is 39.1. The third kappa shape index (κ3) is 39.5. The van der Waals surface area contributed by atoms with Crippen LogP contribution in [0.25, 0.3) is 0 Å². The molecule has 0 aromatic carbocycles. The van der Waals surface area contributed by atoms with Gasteiger partial charge in [0, 0.05) is 82.5 Å². The highest BCUT2D eigenvalue weighted by molar-refractivity contribution is 8.16. The van der Waals surface area contributed by atoms with Gasteiger partial charge in [0.05, 0.1) is 26.3 Å². The van der Waals surface area contributed by atoms with Crippen molar-refractivity contribution in [2.75, 3.05) is 116 Å². The molecule has 0 aliphatic rings. The largest absolute Gasteiger partial charge is 0.449 e. The first-order valence-electron chi connectivity index (χ1n) is 14.2. The number of hydrogen-bond donors (Lipinski definition) is 4. The molecule has 0 aliphatic carbocycles. The van der Waals surface area contributed by atoms with Gasteiger partial charge in [-0.25, -0.2) is 9.59 Å². The molecule has 0 radical (unpaired) electrons. The SMILES string of the molecule is O=C(NCCSCSCCN=COOCCSCSCCNC(=O)OCCSCSCCN=COOCCCO)OCCCO. The van der Waals surface area contributed by atoms with Crippen LogP contribution in [0.5, 0.6) is 0 Å². The number of ether oxygens (including phenoxy) is 2. The van der Waals surface area contributed by atoms with E-state index in [1.165, 1.54) is 12.8 Å². The molecule has 0 bridgehead atoms. The third-order valence-electron chi connectivity index (χ3n) is 4.33. The Morgan fingerprint density at radius 1 is 0.578 bits per heavy atom. The molecule has 0 fully saturated rings. The van der Waals surface area contributed by atoms with E-state index < -0.39 is 12.2 Å². The van der Waals surface area contributed by atoms with Crippen LogP contribution in [0.3, 0.4) is 0 Å². The van der Waals surface area contributed by atoms with E-state index in [0.717, 1.165) is 49.8 Å². The summed E-state index contributed by atoms with van der Waals surface area (Å²) in [7, 11) is 0. The van der Waals surface area contributed by atoms with E-state index in [0.29, 0.717) is 58.8 Å². The number of alkyl carbamates (subject to hydrolysis) is 2. The van der Waals surface area contributed by atoms with Crippen molar-refractivity contribution >= 4 is 95.6 Å². The third-order valence-corrected chi connectivity index (χ3v) is 11.2. The molecule has 4 N–H and O–H groups in total. The Bertz CT molecular complexity index is 723. The van der Waals surface area contributed by atoms with Crippen LogP contribution in [0, 0.1) is 0 Å². The predicted octanol–water partition coefficient (Wildman–Crippen LogP) is 3.43. The fraction of sp³-hybridized carbons (Fsp3) is 0.840. The van der Waals surface area contributed by atoms with Crippen LogP contribution in [0.2, 0.25) is 0 Å². The fourth-order valence-electron chi connectivity index (χ4n) is 2.28. The summed E-state index contributed by atoms with van der Waals surface area (Å²) in [6.07, 6.45) is 2.71. The maximum Gasteiger partial charge on any atom is 0.407 e. The molecular weight excluding hydrogens is 709 g/mol. The van der Waals surface area contributed by atoms with Crippen molar-refractivity contribution in [3.63, 3.8) is 0 Å². The summed E-state index contributed by atoms with van der Waals surface area (Å²) in [4.78, 5) is 50.7. The Morgan fingerprint density at radius 3 is 1.58 bits per heavy atom. The highest BCUT2D eigenvalue weighted by Gasteiger charge is 2.02. The Labute approximate surface area is 292 Å². The summed E-state index contributed by atoms with van der Waals surface area (Å²) in [5.41, 5.74) is 0. The smallest absolute Gasteiger partial charge is 0.407 e. The van der Waals surface area contributed by atoms with Crippen molar-refractivity contribution in [3.8, 4) is 0 Å². The normalized spacial score (nSPS) is 11.2. The summed E-state index contributed by atoms with van der Waals surface area (Å²) in [6, 6.07) is 0. The first-order valence-corrected chi connectivity index (χ1v) is 21.2. The molecule has 45 heavy (non-hydrogen) atoms. The second-order valence-electron chi connectivity index (χ2n) is 7.94. The molecule has 14 nitrogen and oxygen atoms in total. The lowest BCUT2D eigenvalue weighted by Crippen LogP contribution is -2.27. The lowest BCUT2D eigenvalue weighted by Gasteiger charge is -2.07. The van der Waals surface area contributed by atoms with Crippen molar-refractivity contribution in [2.45, 2.75) is 12.8 Å². The maximum absolute atomic E-state index is 11.7. The van der Waals surface area contributed by atoms with E-state index in [1.807, 2.05) is 0 Å². The van der Waals surface area contributed by atoms with E-state index in [2.05, 4.69) is 20.6 Å². The summed E-state index contributed by atoms with van der Waals surface area (Å²) < 4.78 is 10.0. The quantitative estimate of drug-likeness (QED) is 0.0187. The summed E-state index contributed by atoms with van der Waals surface area (Å²) in [5, 5.41) is 25.3. The molecule has 0 aliphatic heterocycles. The maximum atomic E-state index is 11.7. The van der Waals surface area contributed by atoms with Gasteiger partial charge in [0.15, 0.2) is 0 Å². The molecule has 0 saturated carbocycles. The van der Waals surface area contributed by atoms with E-state index in [9.17, 15) is 9.59 Å². The minimum atomic E-state index is -0.450. The number of aliphatic hydroxyl groups is 2. The Hall–Kier alpha value is -0.580. The molecule has 0 atom stereocenters. The van der Waals surface area contributed by atoms with Gasteiger partial charge in [-0.3, -0.25) is 9.98 Å². The van der Waals surface area contributed by atoms with Crippen LogP contribution in [-0.4, -0.2) is 151 Å². The number of aliphatic hydroxyl groups excluding tert-OH is 2. The molecule has 0 unspecified atom stereocenters. The second kappa shape index (κ2) is 39.6. The highest BCUT2D eigenvalue weighted by Crippen LogP contribution is 2.13. The summed E-state index contributed by atoms with van der Waals surface area (Å²) in [6.45, 7) is 3.82. The van der Waals surface area contributed by atoms with Crippen molar-refractivity contribution in [3.05, 3.63) is 0 Å². The number of carbonyl (C=O) groups excluding carboxylic acids is 2. The molecule has 0 aromatic heterocycles. The fourth-order valence-corrected chi connectivity index (χ4v) is 7.87. The van der Waals surface area contributed by atoms with Crippen molar-refractivity contribution in [1.29, 1.82) is 0 Å². The molecule has 0 saturated heterocycles. The van der Waals surface area contributed by atoms with Gasteiger partial charge in [0.1, 0.15) is 13.2 Å². The second-order valence-corrected chi connectivity index (χ2v) is 15.7. The molecule has 264 valence electrons. The average molecular weight is 757 g/mol. The minimum Gasteiger partial charge on any atom is -0.449 e. The molecule has 2 amide bonds. The molecule has 0 heterocycles. The predicted molar refractivity (Wildman–Crippen MR) is 192 cm³/mol. The van der Waals surface area contributed by atoms with Crippen molar-refractivity contribution < 1.29 is 48.8 Å². The van der Waals surface area contributed by atoms with E-state index in [4.69, 9.17) is 39.2 Å². The standard InChI is InChI=1S/C25H48N4O10S6/c30-7-1-9-34-24(32)28-5-15-42-21-40-13-3-27-20-39-37-12-18-45-23-43-16-6-29-25(33)35-11-17-44-22-41-14-4-26-19-38-36-10-2-8-31/h19-20,30-31H,1-18,21-23H2,(H,28,32)(H,29,33). The molecular formula is C25H48N4O10S6. The van der Waals surface area contributed by atoms with Gasteiger partial charge >= 0.3 is 12.2 Å². The van der Waals surface area contributed by atoms with E-state index in [1.54, 1.807) is 70.6 Å². The molecule has 0 rings (SSSR count). The van der Waals surface area contributed by atoms with Gasteiger partial charge in [-0.1, -0.05) is 0 Å². The lowest BCUT2D eigenvalue weighted by molar-refractivity contribution is -0.218. The minimum absolute atomic E-state index is 0.00994. The number of nitrogens with one attached hydrogen (secondary N) is 2. The number of rotatable bonds is 34. The lowest BCUT2D eigenvalue weighted by atomic mass is 10.5. The number of aliphatic imine (C=N–C) groups is 2. The highest BCUT2D eigenvalue weighted by atomic mass is 32.2. The molecule has 0 spiro atoms. The van der Waals surface area contributed by atoms with Gasteiger partial charge in [-0.05, 0) is 6.42 Å². The van der Waals surface area contributed by atoms with Gasteiger partial charge in [-0.15, -0.1) is 70.6 Å². The summed E-state index contributed by atoms with van der Waals surface area (Å²) in [5.74, 6) is 4.84. The average Bonchev–Trinajstić information content (AvgIpc) is 3.04. The number of thioether (sulfide) groups is 6. The zero-order valence-corrected chi connectivity index (χ0v) is 30.4. The monoisotopic (exact) mass is 756 g/mol. The zero-order chi connectivity index (χ0) is 32.7. The van der Waals surface area contributed by atoms with Crippen molar-refractivity contribution in [1.82, 2.24) is 10.6 Å². The van der Waals surface area contributed by atoms with Crippen LogP contribution < -0.4 is 10.6 Å². The molecule has 20 heteroatoms. The van der Waals surface area contributed by atoms with Crippen LogP contribution in [0.4, 0.5) is 9.59 Å². The van der Waals surface area contributed by atoms with Gasteiger partial charge in [-0.2, -0.15) is 9.78 Å². The number of amides is 2. The first kappa shape index (κ1) is 44.4. The van der Waals surface area contributed by atoms with Crippen LogP contribution in [-0.2, 0) is 29.0 Å². The topological polar surface area (TPSA) is 179 Å². The van der Waals surface area contributed by atoms with Crippen molar-refractivity contribution in [2.24, 2.45) is 9.98 Å². The number of nitrogens with zero attached hydrogens (tertiary/aromatic N) is 2. The van der Waals surface area contributed by atoms with E-state index in [-0.39, 0.29) is 19.8 Å². The zero-order valence-electron chi connectivity index (χ0n) is 25.5. The van der Waals surface area contributed by atoms with Gasteiger partial charge < -0.3 is 40.1 Å². The Morgan fingerprint density at radius 2 is 1.02 bits per heavy atom. The van der Waals surface area contributed by atoms with Crippen LogP contribution in [0.1, 0.15) is 12.8 Å².